The number of aromatic nitrogens is 1. The Hall–Kier alpha value is -1.87. The molecule has 1 N–H and O–H groups in total. The lowest BCUT2D eigenvalue weighted by atomic mass is 10.2. The van der Waals surface area contributed by atoms with Crippen LogP contribution in [0.15, 0.2) is 18.3 Å². The number of halogens is 3. The summed E-state index contributed by atoms with van der Waals surface area (Å²) in [4.78, 5) is 20.5. The molecule has 1 atom stereocenters. The van der Waals surface area contributed by atoms with Crippen LogP contribution in [0.25, 0.3) is 0 Å². The van der Waals surface area contributed by atoms with Crippen molar-refractivity contribution in [3.8, 4) is 5.88 Å². The molecule has 6 nitrogen and oxygen atoms in total. The van der Waals surface area contributed by atoms with Gasteiger partial charge in [0.15, 0.2) is 6.10 Å². The van der Waals surface area contributed by atoms with Gasteiger partial charge in [-0.2, -0.15) is 13.2 Å². The van der Waals surface area contributed by atoms with Gasteiger partial charge < -0.3 is 15.0 Å². The lowest BCUT2D eigenvalue weighted by molar-refractivity contribution is -0.190. The second kappa shape index (κ2) is 8.48. The van der Waals surface area contributed by atoms with Crippen molar-refractivity contribution in [2.75, 3.05) is 46.3 Å². The quantitative estimate of drug-likeness (QED) is 0.831. The summed E-state index contributed by atoms with van der Waals surface area (Å²) in [5.41, 5.74) is -0.00280. The molecule has 1 aliphatic heterocycles. The summed E-state index contributed by atoms with van der Waals surface area (Å²) in [6.07, 6.45) is -5.27. The molecular formula is C16H23F3N4O2. The molecule has 1 fully saturated rings. The molecule has 1 aromatic rings. The van der Waals surface area contributed by atoms with Crippen LogP contribution in [0.4, 0.5) is 13.2 Å². The highest BCUT2D eigenvalue weighted by atomic mass is 19.4. The largest absolute Gasteiger partial charge is 0.464 e. The molecule has 0 bridgehead atoms. The van der Waals surface area contributed by atoms with Gasteiger partial charge in [-0.3, -0.25) is 9.69 Å². The third-order valence-electron chi connectivity index (χ3n) is 4.07. The number of nitrogens with zero attached hydrogens (tertiary/aromatic N) is 3. The van der Waals surface area contributed by atoms with Crippen molar-refractivity contribution in [1.29, 1.82) is 0 Å². The summed E-state index contributed by atoms with van der Waals surface area (Å²) in [7, 11) is 2.06. The minimum Gasteiger partial charge on any atom is -0.464 e. The minimum absolute atomic E-state index is 0.00280. The molecule has 1 amide bonds. The summed E-state index contributed by atoms with van der Waals surface area (Å²) >= 11 is 0. The van der Waals surface area contributed by atoms with Gasteiger partial charge in [0, 0.05) is 45.5 Å². The van der Waals surface area contributed by atoms with Crippen molar-refractivity contribution < 1.29 is 22.7 Å². The fraction of sp³-hybridized carbons (Fsp3) is 0.625. The summed E-state index contributed by atoms with van der Waals surface area (Å²) < 4.78 is 42.8. The average molecular weight is 360 g/mol. The number of likely N-dealkylation sites (N-methyl/N-ethyl adjacent to an activating group) is 1. The Morgan fingerprint density at radius 1 is 1.36 bits per heavy atom. The maximum Gasteiger partial charge on any atom is 0.425 e. The first-order chi connectivity index (χ1) is 11.8. The number of nitrogens with one attached hydrogen (secondary N) is 1. The fourth-order valence-electron chi connectivity index (χ4n) is 2.39. The highest BCUT2D eigenvalue weighted by Crippen LogP contribution is 2.25. The molecular weight excluding hydrogens is 337 g/mol. The third-order valence-corrected chi connectivity index (χ3v) is 4.07. The van der Waals surface area contributed by atoms with Crippen LogP contribution in [-0.2, 0) is 0 Å². The molecule has 0 radical (unpaired) electrons. The Kier molecular flexibility index (Phi) is 6.60. The van der Waals surface area contributed by atoms with Gasteiger partial charge in [-0.25, -0.2) is 4.98 Å². The number of carbonyl (C=O) groups is 1. The molecule has 25 heavy (non-hydrogen) atoms. The lowest BCUT2D eigenvalue weighted by Gasteiger charge is -2.32. The van der Waals surface area contributed by atoms with Crippen molar-refractivity contribution in [1.82, 2.24) is 20.1 Å². The summed E-state index contributed by atoms with van der Waals surface area (Å²) in [5.74, 6) is -0.809. The Bertz CT molecular complexity index is 575. The van der Waals surface area contributed by atoms with Crippen molar-refractivity contribution in [3.63, 3.8) is 0 Å². The lowest BCUT2D eigenvalue weighted by Crippen LogP contribution is -2.46. The summed E-state index contributed by atoms with van der Waals surface area (Å²) in [6.45, 7) is 5.78. The molecule has 2 heterocycles. The predicted octanol–water partition coefficient (Wildman–Crippen LogP) is 1.39. The maximum atomic E-state index is 12.6. The van der Waals surface area contributed by atoms with Crippen LogP contribution >= 0.6 is 0 Å². The molecule has 0 aliphatic carbocycles. The SMILES string of the molecule is C[C@@H](Oc1ncccc1C(=O)NCCN1CCN(C)CC1)C(F)(F)F. The molecule has 1 aromatic heterocycles. The molecule has 1 aliphatic rings. The van der Waals surface area contributed by atoms with E-state index in [2.05, 4.69) is 27.1 Å². The zero-order valence-electron chi connectivity index (χ0n) is 14.3. The molecule has 0 saturated carbocycles. The summed E-state index contributed by atoms with van der Waals surface area (Å²) in [6, 6.07) is 2.89. The fourth-order valence-corrected chi connectivity index (χ4v) is 2.39. The van der Waals surface area contributed by atoms with E-state index in [0.29, 0.717) is 13.1 Å². The monoisotopic (exact) mass is 360 g/mol. The van der Waals surface area contributed by atoms with Crippen LogP contribution in [0.2, 0.25) is 0 Å². The molecule has 0 spiro atoms. The van der Waals surface area contributed by atoms with E-state index in [1.807, 2.05) is 0 Å². The molecule has 0 aromatic carbocycles. The Balaban J connectivity index is 1.89. The van der Waals surface area contributed by atoms with Crippen molar-refractivity contribution in [2.24, 2.45) is 0 Å². The first-order valence-electron chi connectivity index (χ1n) is 8.15. The molecule has 1 saturated heterocycles. The number of rotatable bonds is 6. The number of ether oxygens (including phenoxy) is 1. The van der Waals surface area contributed by atoms with Gasteiger partial charge in [0.1, 0.15) is 5.56 Å². The number of carbonyl (C=O) groups excluding carboxylic acids is 1. The zero-order valence-corrected chi connectivity index (χ0v) is 14.3. The highest BCUT2D eigenvalue weighted by Gasteiger charge is 2.38. The van der Waals surface area contributed by atoms with E-state index >= 15 is 0 Å². The van der Waals surface area contributed by atoms with E-state index in [1.54, 1.807) is 0 Å². The van der Waals surface area contributed by atoms with Crippen molar-refractivity contribution in [2.45, 2.75) is 19.2 Å². The normalized spacial score (nSPS) is 18.0. The van der Waals surface area contributed by atoms with E-state index in [9.17, 15) is 18.0 Å². The first-order valence-corrected chi connectivity index (χ1v) is 8.15. The van der Waals surface area contributed by atoms with Crippen LogP contribution in [0, 0.1) is 0 Å². The molecule has 2 rings (SSSR count). The van der Waals surface area contributed by atoms with E-state index in [-0.39, 0.29) is 11.4 Å². The van der Waals surface area contributed by atoms with Crippen LogP contribution in [-0.4, -0.2) is 79.3 Å². The smallest absolute Gasteiger partial charge is 0.425 e. The van der Waals surface area contributed by atoms with Gasteiger partial charge in [-0.1, -0.05) is 0 Å². The number of hydrogen-bond acceptors (Lipinski definition) is 5. The van der Waals surface area contributed by atoms with Crippen LogP contribution in [0.1, 0.15) is 17.3 Å². The Morgan fingerprint density at radius 3 is 2.68 bits per heavy atom. The standard InChI is InChI=1S/C16H23F3N4O2/c1-12(16(17,18)19)25-15-13(4-3-5-21-15)14(24)20-6-7-23-10-8-22(2)9-11-23/h3-5,12H,6-11H2,1-2H3,(H,20,24)/t12-/m1/s1. The van der Waals surface area contributed by atoms with Gasteiger partial charge in [0.2, 0.25) is 5.88 Å². The number of hydrogen-bond donors (Lipinski definition) is 1. The van der Waals surface area contributed by atoms with Crippen LogP contribution in [0.3, 0.4) is 0 Å². The van der Waals surface area contributed by atoms with Gasteiger partial charge in [0.05, 0.1) is 0 Å². The van der Waals surface area contributed by atoms with E-state index in [1.165, 1.54) is 18.3 Å². The topological polar surface area (TPSA) is 57.7 Å². The number of piperazine rings is 1. The van der Waals surface area contributed by atoms with Crippen molar-refractivity contribution >= 4 is 5.91 Å². The zero-order chi connectivity index (χ0) is 18.4. The van der Waals surface area contributed by atoms with Gasteiger partial charge in [-0.05, 0) is 26.1 Å². The third kappa shape index (κ3) is 5.86. The number of alkyl halides is 3. The second-order valence-electron chi connectivity index (χ2n) is 6.06. The predicted molar refractivity (Wildman–Crippen MR) is 86.7 cm³/mol. The van der Waals surface area contributed by atoms with Gasteiger partial charge >= 0.3 is 6.18 Å². The summed E-state index contributed by atoms with van der Waals surface area (Å²) in [5, 5.41) is 2.71. The molecule has 9 heteroatoms. The maximum absolute atomic E-state index is 12.6. The molecule has 140 valence electrons. The first kappa shape index (κ1) is 19.5. The van der Waals surface area contributed by atoms with E-state index in [0.717, 1.165) is 33.1 Å². The van der Waals surface area contributed by atoms with Gasteiger partial charge in [-0.15, -0.1) is 0 Å². The van der Waals surface area contributed by atoms with Crippen LogP contribution < -0.4 is 10.1 Å². The average Bonchev–Trinajstić information content (AvgIpc) is 2.56. The van der Waals surface area contributed by atoms with E-state index in [4.69, 9.17) is 4.74 Å². The van der Waals surface area contributed by atoms with E-state index < -0.39 is 18.2 Å². The Morgan fingerprint density at radius 2 is 2.04 bits per heavy atom. The van der Waals surface area contributed by atoms with Crippen molar-refractivity contribution in [3.05, 3.63) is 23.9 Å². The Labute approximate surface area is 145 Å². The molecule has 0 unspecified atom stereocenters. The minimum atomic E-state index is -4.52. The number of pyridine rings is 1. The number of amides is 1. The second-order valence-corrected chi connectivity index (χ2v) is 6.06. The highest BCUT2D eigenvalue weighted by molar-refractivity contribution is 5.96. The van der Waals surface area contributed by atoms with Gasteiger partial charge in [0.25, 0.3) is 5.91 Å². The van der Waals surface area contributed by atoms with Crippen LogP contribution in [0.5, 0.6) is 5.88 Å².